The Kier molecular flexibility index (Phi) is 5.24. The van der Waals surface area contributed by atoms with Gasteiger partial charge in [0.25, 0.3) is 5.91 Å². The second kappa shape index (κ2) is 7.47. The van der Waals surface area contributed by atoms with Crippen molar-refractivity contribution in [1.29, 1.82) is 0 Å². The number of carboxylic acid groups (broad SMARTS) is 1. The lowest BCUT2D eigenvalue weighted by atomic mass is 9.47. The number of carbonyl (C=O) groups is 2. The fourth-order valence-corrected chi connectivity index (χ4v) is 6.50. The summed E-state index contributed by atoms with van der Waals surface area (Å²) in [6.45, 7) is 3.69. The van der Waals surface area contributed by atoms with E-state index < -0.39 is 34.7 Å². The van der Waals surface area contributed by atoms with E-state index in [2.05, 4.69) is 10.3 Å². The lowest BCUT2D eigenvalue weighted by Gasteiger charge is -2.58. The average molecular weight is 434 g/mol. The number of rotatable bonds is 5. The maximum Gasteiger partial charge on any atom is 0.293 e. The predicted molar refractivity (Wildman–Crippen MR) is 107 cm³/mol. The van der Waals surface area contributed by atoms with Crippen molar-refractivity contribution in [2.45, 2.75) is 51.6 Å². The van der Waals surface area contributed by atoms with Crippen molar-refractivity contribution in [3.63, 3.8) is 0 Å². The van der Waals surface area contributed by atoms with E-state index in [0.717, 1.165) is 4.88 Å². The molecule has 0 bridgehead atoms. The summed E-state index contributed by atoms with van der Waals surface area (Å²) in [5, 5.41) is 35.5. The van der Waals surface area contributed by atoms with Crippen LogP contribution < -0.4 is 10.4 Å². The summed E-state index contributed by atoms with van der Waals surface area (Å²) in [5.41, 5.74) is -0.564. The number of hydrogen-bond acceptors (Lipinski definition) is 8. The van der Waals surface area contributed by atoms with Crippen molar-refractivity contribution in [1.82, 2.24) is 4.98 Å². The van der Waals surface area contributed by atoms with Gasteiger partial charge in [-0.15, -0.1) is 11.3 Å². The molecule has 2 heterocycles. The molecule has 0 radical (unpaired) electrons. The smallest absolute Gasteiger partial charge is 0.293 e. The molecule has 5 atom stereocenters. The number of aliphatic hydroxyl groups excluding tert-OH is 2. The summed E-state index contributed by atoms with van der Waals surface area (Å²) in [6, 6.07) is 3.16. The van der Waals surface area contributed by atoms with E-state index in [0.29, 0.717) is 30.1 Å². The van der Waals surface area contributed by atoms with Gasteiger partial charge in [0.1, 0.15) is 0 Å². The Morgan fingerprint density at radius 1 is 1.43 bits per heavy atom. The number of carboxylic acids is 1. The molecule has 8 nitrogen and oxygen atoms in total. The molecule has 30 heavy (non-hydrogen) atoms. The minimum Gasteiger partial charge on any atom is -0.550 e. The molecule has 2 aromatic heterocycles. The topological polar surface area (TPSA) is 136 Å². The first-order chi connectivity index (χ1) is 14.2. The predicted octanol–water partition coefficient (Wildman–Crippen LogP) is 1.54. The summed E-state index contributed by atoms with van der Waals surface area (Å²) >= 11 is 1.30. The normalized spacial score (nSPS) is 32.9. The molecule has 2 aromatic rings. The van der Waals surface area contributed by atoms with Gasteiger partial charge in [0, 0.05) is 22.2 Å². The number of hydrogen-bond donors (Lipinski definition) is 3. The zero-order valence-corrected chi connectivity index (χ0v) is 17.7. The van der Waals surface area contributed by atoms with E-state index in [1.165, 1.54) is 17.6 Å². The Morgan fingerprint density at radius 2 is 2.20 bits per heavy atom. The number of amides is 1. The Hall–Kier alpha value is -2.23. The monoisotopic (exact) mass is 433 g/mol. The number of anilines is 1. The summed E-state index contributed by atoms with van der Waals surface area (Å²) in [4.78, 5) is 29.4. The van der Waals surface area contributed by atoms with E-state index in [1.54, 1.807) is 12.1 Å². The molecule has 162 valence electrons. The molecule has 1 fully saturated rings. The molecular weight excluding hydrogens is 408 g/mol. The van der Waals surface area contributed by atoms with Crippen LogP contribution in [0.25, 0.3) is 0 Å². The molecule has 0 spiro atoms. The first kappa shape index (κ1) is 21.0. The van der Waals surface area contributed by atoms with Crippen LogP contribution in [0.3, 0.4) is 0 Å². The Morgan fingerprint density at radius 3 is 2.83 bits per heavy atom. The van der Waals surface area contributed by atoms with Crippen molar-refractivity contribution in [3.05, 3.63) is 34.7 Å². The number of aliphatic carboxylic acids is 1. The third-order valence-electron chi connectivity index (χ3n) is 7.23. The van der Waals surface area contributed by atoms with Crippen LogP contribution in [-0.4, -0.2) is 39.8 Å². The highest BCUT2D eigenvalue weighted by molar-refractivity contribution is 7.15. The Labute approximate surface area is 177 Å². The van der Waals surface area contributed by atoms with Gasteiger partial charge in [-0.3, -0.25) is 10.1 Å². The van der Waals surface area contributed by atoms with E-state index in [1.807, 2.05) is 13.8 Å². The van der Waals surface area contributed by atoms with Gasteiger partial charge in [-0.1, -0.05) is 13.8 Å². The van der Waals surface area contributed by atoms with Gasteiger partial charge in [0.15, 0.2) is 10.9 Å². The van der Waals surface area contributed by atoms with Crippen molar-refractivity contribution in [2.24, 2.45) is 16.7 Å². The molecule has 0 aromatic carbocycles. The lowest BCUT2D eigenvalue weighted by Crippen LogP contribution is -2.57. The summed E-state index contributed by atoms with van der Waals surface area (Å²) in [6.07, 6.45) is 2.19. The van der Waals surface area contributed by atoms with Crippen LogP contribution in [0.5, 0.6) is 0 Å². The van der Waals surface area contributed by atoms with E-state index in [-0.39, 0.29) is 24.7 Å². The zero-order chi connectivity index (χ0) is 21.7. The number of furan rings is 1. The second-order valence-electron chi connectivity index (χ2n) is 8.87. The first-order valence-corrected chi connectivity index (χ1v) is 10.8. The first-order valence-electron chi connectivity index (χ1n) is 10.0. The van der Waals surface area contributed by atoms with Crippen LogP contribution >= 0.6 is 11.3 Å². The molecule has 1 saturated carbocycles. The molecule has 0 unspecified atom stereocenters. The van der Waals surface area contributed by atoms with Crippen LogP contribution in [0.2, 0.25) is 0 Å². The number of thiazole rings is 1. The number of aliphatic hydroxyl groups is 2. The van der Waals surface area contributed by atoms with Crippen LogP contribution in [0.15, 0.2) is 22.8 Å². The van der Waals surface area contributed by atoms with Crippen LogP contribution in [-0.2, 0) is 11.2 Å². The number of fused-ring (bicyclic) bond motifs is 2. The minimum absolute atomic E-state index is 0.135. The standard InChI is InChI=1S/C21H26N2O6S/c1-20-6-5-15(25)21(2,10-24)14(20)9-13-17(11(20)8-16(26)27)22-19(30-13)23-18(28)12-4-3-7-29-12/h3-4,7,11,14-15,24-25H,5-6,8-10H2,1-2H3,(H,26,27)(H,22,23,28)/p-1/t11-,14+,15-,20+,21+/m1/s1. The molecular formula is C21H25N2O6S-. The largest absolute Gasteiger partial charge is 0.550 e. The van der Waals surface area contributed by atoms with Crippen LogP contribution in [0.1, 0.15) is 60.2 Å². The fourth-order valence-electron chi connectivity index (χ4n) is 5.43. The van der Waals surface area contributed by atoms with Gasteiger partial charge in [-0.2, -0.15) is 0 Å². The van der Waals surface area contributed by atoms with Crippen molar-refractivity contribution >= 4 is 28.3 Å². The Balaban J connectivity index is 1.73. The number of nitrogens with one attached hydrogen (secondary N) is 1. The van der Waals surface area contributed by atoms with E-state index in [9.17, 15) is 24.9 Å². The molecule has 0 saturated heterocycles. The van der Waals surface area contributed by atoms with Gasteiger partial charge in [-0.05, 0) is 49.1 Å². The molecule has 3 N–H and O–H groups in total. The van der Waals surface area contributed by atoms with Gasteiger partial charge in [0.2, 0.25) is 0 Å². The summed E-state index contributed by atoms with van der Waals surface area (Å²) in [7, 11) is 0. The maximum absolute atomic E-state index is 12.3. The number of carbonyl (C=O) groups excluding carboxylic acids is 2. The number of nitrogens with zero attached hydrogens (tertiary/aromatic N) is 1. The highest BCUT2D eigenvalue weighted by Gasteiger charge is 2.58. The van der Waals surface area contributed by atoms with Crippen molar-refractivity contribution < 1.29 is 29.3 Å². The highest BCUT2D eigenvalue weighted by atomic mass is 32.1. The van der Waals surface area contributed by atoms with E-state index >= 15 is 0 Å². The molecule has 9 heteroatoms. The van der Waals surface area contributed by atoms with E-state index in [4.69, 9.17) is 4.42 Å². The molecule has 2 aliphatic carbocycles. The molecule has 0 aliphatic heterocycles. The summed E-state index contributed by atoms with van der Waals surface area (Å²) < 4.78 is 5.11. The Bertz CT molecular complexity index is 957. The third kappa shape index (κ3) is 3.25. The van der Waals surface area contributed by atoms with Crippen LogP contribution in [0.4, 0.5) is 5.13 Å². The SMILES string of the molecule is C[C@]1(CO)[C@H]2Cc3sc(NC(=O)c4ccco4)nc3[C@@H](CC(=O)[O-])[C@]2(C)CC[C@H]1O. The number of aromatic nitrogens is 1. The second-order valence-corrected chi connectivity index (χ2v) is 9.95. The van der Waals surface area contributed by atoms with Gasteiger partial charge in [-0.25, -0.2) is 4.98 Å². The van der Waals surface area contributed by atoms with Gasteiger partial charge < -0.3 is 24.5 Å². The minimum atomic E-state index is -1.17. The lowest BCUT2D eigenvalue weighted by molar-refractivity contribution is -0.307. The van der Waals surface area contributed by atoms with Crippen molar-refractivity contribution in [2.75, 3.05) is 11.9 Å². The quantitative estimate of drug-likeness (QED) is 0.651. The summed E-state index contributed by atoms with van der Waals surface area (Å²) in [5.74, 6) is -2.00. The molecule has 4 rings (SSSR count). The third-order valence-corrected chi connectivity index (χ3v) is 8.24. The zero-order valence-electron chi connectivity index (χ0n) is 16.9. The van der Waals surface area contributed by atoms with Crippen molar-refractivity contribution in [3.8, 4) is 0 Å². The maximum atomic E-state index is 12.3. The average Bonchev–Trinajstić information content (AvgIpc) is 3.36. The van der Waals surface area contributed by atoms with Gasteiger partial charge >= 0.3 is 0 Å². The fraction of sp³-hybridized carbons (Fsp3) is 0.571. The highest BCUT2D eigenvalue weighted by Crippen LogP contribution is 2.62. The van der Waals surface area contributed by atoms with Crippen LogP contribution in [0, 0.1) is 16.7 Å². The van der Waals surface area contributed by atoms with Gasteiger partial charge in [0.05, 0.1) is 24.7 Å². The molecule has 1 amide bonds. The molecule has 2 aliphatic rings.